The molecule has 9 heteroatoms. The van der Waals surface area contributed by atoms with Gasteiger partial charge in [-0.05, 0) is 38.1 Å². The van der Waals surface area contributed by atoms with Gasteiger partial charge in [0.25, 0.3) is 5.56 Å². The summed E-state index contributed by atoms with van der Waals surface area (Å²) in [7, 11) is 0. The van der Waals surface area contributed by atoms with Crippen LogP contribution in [0.1, 0.15) is 26.7 Å². The van der Waals surface area contributed by atoms with Gasteiger partial charge in [-0.1, -0.05) is 11.8 Å². The third-order valence-corrected chi connectivity index (χ3v) is 6.49. The van der Waals surface area contributed by atoms with Gasteiger partial charge >= 0.3 is 5.97 Å². The van der Waals surface area contributed by atoms with Crippen LogP contribution in [0.5, 0.6) is 0 Å². The molecule has 0 saturated carbocycles. The molecule has 0 atom stereocenters. The summed E-state index contributed by atoms with van der Waals surface area (Å²) in [4.78, 5) is 43.2. The summed E-state index contributed by atoms with van der Waals surface area (Å²) in [6.07, 6.45) is 1.27. The number of esters is 1. The van der Waals surface area contributed by atoms with Crippen LogP contribution < -0.4 is 5.56 Å². The van der Waals surface area contributed by atoms with Crippen LogP contribution in [0.25, 0.3) is 10.2 Å². The molecule has 0 N–H and O–H groups in total. The summed E-state index contributed by atoms with van der Waals surface area (Å²) in [6, 6.07) is 1.83. The highest BCUT2D eigenvalue weighted by Crippen LogP contribution is 2.23. The lowest BCUT2D eigenvalue weighted by Gasteiger charge is -2.30. The SMILES string of the molecule is CCOC(=O)C1CCN(C(=O)CSc2nc3ccsc3c(=O)n2CC)CC1. The van der Waals surface area contributed by atoms with Crippen LogP contribution in [0.4, 0.5) is 0 Å². The van der Waals surface area contributed by atoms with Crippen molar-refractivity contribution < 1.29 is 14.3 Å². The summed E-state index contributed by atoms with van der Waals surface area (Å²) < 4.78 is 7.32. The second kappa shape index (κ2) is 8.88. The standard InChI is InChI=1S/C18H23N3O4S2/c1-3-21-16(23)15-13(7-10-26-15)19-18(21)27-11-14(22)20-8-5-12(6-9-20)17(24)25-4-2/h7,10,12H,3-6,8-9,11H2,1-2H3. The Bertz CT molecular complexity index is 884. The molecule has 27 heavy (non-hydrogen) atoms. The molecule has 1 fully saturated rings. The lowest BCUT2D eigenvalue weighted by atomic mass is 9.97. The Labute approximate surface area is 165 Å². The summed E-state index contributed by atoms with van der Waals surface area (Å²) in [5.74, 6) is -0.0509. The Morgan fingerprint density at radius 2 is 2.07 bits per heavy atom. The number of aromatic nitrogens is 2. The van der Waals surface area contributed by atoms with Crippen molar-refractivity contribution in [1.29, 1.82) is 0 Å². The number of carbonyl (C=O) groups is 2. The zero-order chi connectivity index (χ0) is 19.4. The average Bonchev–Trinajstić information content (AvgIpc) is 3.15. The fraction of sp³-hybridized carbons (Fsp3) is 0.556. The smallest absolute Gasteiger partial charge is 0.309 e. The van der Waals surface area contributed by atoms with Crippen molar-refractivity contribution in [2.24, 2.45) is 5.92 Å². The Morgan fingerprint density at radius 1 is 1.33 bits per heavy atom. The normalized spacial score (nSPS) is 15.3. The minimum Gasteiger partial charge on any atom is -0.466 e. The molecule has 3 rings (SSSR count). The van der Waals surface area contributed by atoms with Gasteiger partial charge in [0.15, 0.2) is 5.16 Å². The van der Waals surface area contributed by atoms with Gasteiger partial charge in [-0.25, -0.2) is 4.98 Å². The van der Waals surface area contributed by atoms with E-state index in [4.69, 9.17) is 4.74 Å². The molecular formula is C18H23N3O4S2. The molecule has 0 spiro atoms. The van der Waals surface area contributed by atoms with E-state index in [-0.39, 0.29) is 29.1 Å². The number of rotatable bonds is 6. The maximum absolute atomic E-state index is 12.5. The first-order valence-electron chi connectivity index (χ1n) is 9.10. The monoisotopic (exact) mass is 409 g/mol. The number of nitrogens with zero attached hydrogens (tertiary/aromatic N) is 3. The van der Waals surface area contributed by atoms with Crippen molar-refractivity contribution in [1.82, 2.24) is 14.5 Å². The molecule has 2 aromatic rings. The highest BCUT2D eigenvalue weighted by atomic mass is 32.2. The topological polar surface area (TPSA) is 81.5 Å². The minimum absolute atomic E-state index is 0.00428. The van der Waals surface area contributed by atoms with Gasteiger partial charge in [0.2, 0.25) is 5.91 Å². The molecule has 3 heterocycles. The van der Waals surface area contributed by atoms with E-state index in [0.29, 0.717) is 54.5 Å². The van der Waals surface area contributed by atoms with Gasteiger partial charge in [-0.3, -0.25) is 19.0 Å². The zero-order valence-corrected chi connectivity index (χ0v) is 17.1. The highest BCUT2D eigenvalue weighted by Gasteiger charge is 2.28. The molecule has 0 aromatic carbocycles. The van der Waals surface area contributed by atoms with E-state index in [2.05, 4.69) is 4.98 Å². The second-order valence-electron chi connectivity index (χ2n) is 6.27. The number of likely N-dealkylation sites (tertiary alicyclic amines) is 1. The summed E-state index contributed by atoms with van der Waals surface area (Å²) in [6.45, 7) is 5.71. The molecule has 1 aliphatic heterocycles. The fourth-order valence-corrected chi connectivity index (χ4v) is 4.90. The molecule has 0 unspecified atom stereocenters. The number of amides is 1. The second-order valence-corrected chi connectivity index (χ2v) is 8.13. The van der Waals surface area contributed by atoms with E-state index in [1.165, 1.54) is 23.1 Å². The number of fused-ring (bicyclic) bond motifs is 1. The van der Waals surface area contributed by atoms with Crippen molar-refractivity contribution in [2.75, 3.05) is 25.4 Å². The molecule has 0 aliphatic carbocycles. The molecule has 1 saturated heterocycles. The number of thioether (sulfide) groups is 1. The van der Waals surface area contributed by atoms with Crippen molar-refractivity contribution in [3.05, 3.63) is 21.8 Å². The molecule has 1 amide bonds. The van der Waals surface area contributed by atoms with Crippen LogP contribution in [0.15, 0.2) is 21.4 Å². The van der Waals surface area contributed by atoms with E-state index in [9.17, 15) is 14.4 Å². The predicted octanol–water partition coefficient (Wildman–Crippen LogP) is 2.37. The number of ether oxygens (including phenoxy) is 1. The van der Waals surface area contributed by atoms with E-state index >= 15 is 0 Å². The van der Waals surface area contributed by atoms with Crippen LogP contribution in [0.2, 0.25) is 0 Å². The first kappa shape index (κ1) is 19.9. The lowest BCUT2D eigenvalue weighted by Crippen LogP contribution is -2.41. The summed E-state index contributed by atoms with van der Waals surface area (Å²) >= 11 is 2.68. The Hall–Kier alpha value is -1.87. The number of thiophene rings is 1. The first-order valence-corrected chi connectivity index (χ1v) is 11.0. The maximum Gasteiger partial charge on any atom is 0.309 e. The maximum atomic E-state index is 12.5. The van der Waals surface area contributed by atoms with Crippen LogP contribution in [0, 0.1) is 5.92 Å². The largest absolute Gasteiger partial charge is 0.466 e. The first-order chi connectivity index (χ1) is 13.0. The molecular weight excluding hydrogens is 386 g/mol. The number of carbonyl (C=O) groups excluding carboxylic acids is 2. The summed E-state index contributed by atoms with van der Waals surface area (Å²) in [5.41, 5.74) is 0.627. The van der Waals surface area contributed by atoms with Crippen LogP contribution in [-0.4, -0.2) is 51.8 Å². The minimum atomic E-state index is -0.167. The number of hydrogen-bond acceptors (Lipinski definition) is 7. The van der Waals surface area contributed by atoms with Crippen LogP contribution >= 0.6 is 23.1 Å². The van der Waals surface area contributed by atoms with Crippen molar-refractivity contribution >= 4 is 45.2 Å². The number of hydrogen-bond donors (Lipinski definition) is 0. The Kier molecular flexibility index (Phi) is 6.54. The zero-order valence-electron chi connectivity index (χ0n) is 15.5. The quantitative estimate of drug-likeness (QED) is 0.414. The van der Waals surface area contributed by atoms with E-state index in [0.717, 1.165) is 0 Å². The lowest BCUT2D eigenvalue weighted by molar-refractivity contribution is -0.151. The molecule has 2 aromatic heterocycles. The van der Waals surface area contributed by atoms with E-state index < -0.39 is 0 Å². The molecule has 146 valence electrons. The Balaban J connectivity index is 1.61. The third-order valence-electron chi connectivity index (χ3n) is 4.64. The van der Waals surface area contributed by atoms with Gasteiger partial charge in [0.1, 0.15) is 4.70 Å². The van der Waals surface area contributed by atoms with Crippen molar-refractivity contribution in [2.45, 2.75) is 38.4 Å². The fourth-order valence-electron chi connectivity index (χ4n) is 3.15. The van der Waals surface area contributed by atoms with E-state index in [1.807, 2.05) is 18.4 Å². The predicted molar refractivity (Wildman–Crippen MR) is 106 cm³/mol. The van der Waals surface area contributed by atoms with Gasteiger partial charge < -0.3 is 9.64 Å². The molecule has 1 aliphatic rings. The van der Waals surface area contributed by atoms with E-state index in [1.54, 1.807) is 16.4 Å². The average molecular weight is 410 g/mol. The number of piperidine rings is 1. The Morgan fingerprint density at radius 3 is 2.74 bits per heavy atom. The van der Waals surface area contributed by atoms with Gasteiger partial charge in [0, 0.05) is 19.6 Å². The third kappa shape index (κ3) is 4.35. The van der Waals surface area contributed by atoms with Crippen molar-refractivity contribution in [3.63, 3.8) is 0 Å². The molecule has 0 radical (unpaired) electrons. The summed E-state index contributed by atoms with van der Waals surface area (Å²) in [5, 5.41) is 2.43. The van der Waals surface area contributed by atoms with Crippen LogP contribution in [-0.2, 0) is 20.9 Å². The molecule has 7 nitrogen and oxygen atoms in total. The van der Waals surface area contributed by atoms with Gasteiger partial charge in [-0.2, -0.15) is 0 Å². The van der Waals surface area contributed by atoms with Crippen LogP contribution in [0.3, 0.4) is 0 Å². The highest BCUT2D eigenvalue weighted by molar-refractivity contribution is 7.99. The van der Waals surface area contributed by atoms with Gasteiger partial charge in [0.05, 0.1) is 23.8 Å². The molecule has 0 bridgehead atoms. The van der Waals surface area contributed by atoms with Crippen molar-refractivity contribution in [3.8, 4) is 0 Å². The van der Waals surface area contributed by atoms with Gasteiger partial charge in [-0.15, -0.1) is 11.3 Å².